The molecule has 2 N–H and O–H groups in total. The van der Waals surface area contributed by atoms with E-state index in [1.165, 1.54) is 18.2 Å². The fourth-order valence-electron chi connectivity index (χ4n) is 1.97. The molecule has 0 saturated carbocycles. The number of hydrogen-bond donors (Lipinski definition) is 2. The first-order valence-electron chi connectivity index (χ1n) is 6.90. The number of aromatic amines is 1. The minimum atomic E-state index is -3.87. The normalized spacial score (nSPS) is 11.7. The maximum Gasteiger partial charge on any atom is 0.272 e. The van der Waals surface area contributed by atoms with Crippen LogP contribution in [0.3, 0.4) is 0 Å². The van der Waals surface area contributed by atoms with E-state index < -0.39 is 21.0 Å². The summed E-state index contributed by atoms with van der Waals surface area (Å²) in [7, 11) is -3.87. The van der Waals surface area contributed by atoms with Gasteiger partial charge >= 0.3 is 0 Å². The molecule has 0 radical (unpaired) electrons. The zero-order chi connectivity index (χ0) is 17.3. The summed E-state index contributed by atoms with van der Waals surface area (Å²) in [6.45, 7) is 5.20. The van der Waals surface area contributed by atoms with Crippen molar-refractivity contribution < 1.29 is 8.42 Å². The number of nitrogens with zero attached hydrogens (tertiary/aromatic N) is 1. The number of nitrogens with one attached hydrogen (secondary N) is 2. The lowest BCUT2D eigenvalue weighted by Gasteiger charge is -2.16. The molecule has 0 atom stereocenters. The highest BCUT2D eigenvalue weighted by Crippen LogP contribution is 2.24. The van der Waals surface area contributed by atoms with Crippen molar-refractivity contribution in [1.29, 1.82) is 5.26 Å². The Labute approximate surface area is 134 Å². The molecule has 6 nitrogen and oxygen atoms in total. The van der Waals surface area contributed by atoms with E-state index in [0.29, 0.717) is 11.3 Å². The van der Waals surface area contributed by atoms with Crippen LogP contribution in [0.15, 0.2) is 46.1 Å². The molecule has 1 heterocycles. The van der Waals surface area contributed by atoms with Gasteiger partial charge in [-0.3, -0.25) is 9.52 Å². The minimum absolute atomic E-state index is 0.0231. The molecule has 2 rings (SSSR count). The van der Waals surface area contributed by atoms with E-state index in [9.17, 15) is 13.2 Å². The topological polar surface area (TPSA) is 103 Å². The number of rotatable bonds is 4. The van der Waals surface area contributed by atoms with Crippen molar-refractivity contribution in [2.24, 2.45) is 0 Å². The van der Waals surface area contributed by atoms with Crippen molar-refractivity contribution in [1.82, 2.24) is 4.98 Å². The zero-order valence-corrected chi connectivity index (χ0v) is 13.9. The smallest absolute Gasteiger partial charge is 0.272 e. The Morgan fingerprint density at radius 1 is 1.13 bits per heavy atom. The number of pyridine rings is 1. The molecule has 0 amide bonds. The van der Waals surface area contributed by atoms with Crippen LogP contribution in [-0.4, -0.2) is 13.4 Å². The first-order chi connectivity index (χ1) is 10.7. The fraction of sp³-hybridized carbons (Fsp3) is 0.250. The molecule has 2 aromatic rings. The Morgan fingerprint density at radius 2 is 1.74 bits per heavy atom. The van der Waals surface area contributed by atoms with Crippen LogP contribution in [0.25, 0.3) is 0 Å². The van der Waals surface area contributed by atoms with Crippen LogP contribution in [0.2, 0.25) is 0 Å². The third kappa shape index (κ3) is 3.60. The van der Waals surface area contributed by atoms with E-state index >= 15 is 0 Å². The summed E-state index contributed by atoms with van der Waals surface area (Å²) >= 11 is 0. The van der Waals surface area contributed by atoms with E-state index in [1.54, 1.807) is 39.0 Å². The highest BCUT2D eigenvalue weighted by Gasteiger charge is 2.21. The van der Waals surface area contributed by atoms with Gasteiger partial charge in [0.25, 0.3) is 15.6 Å². The van der Waals surface area contributed by atoms with Gasteiger partial charge in [0.1, 0.15) is 5.69 Å². The van der Waals surface area contributed by atoms with Gasteiger partial charge in [0.05, 0.1) is 16.4 Å². The highest BCUT2D eigenvalue weighted by atomic mass is 32.2. The molecule has 0 fully saturated rings. The molecule has 1 aromatic heterocycles. The van der Waals surface area contributed by atoms with Crippen molar-refractivity contribution in [3.8, 4) is 6.07 Å². The second kappa shape index (κ2) is 5.89. The third-order valence-corrected chi connectivity index (χ3v) is 4.85. The van der Waals surface area contributed by atoms with Crippen LogP contribution in [0, 0.1) is 18.3 Å². The molecule has 0 saturated heterocycles. The summed E-state index contributed by atoms with van der Waals surface area (Å²) in [6.07, 6.45) is 0. The van der Waals surface area contributed by atoms with Crippen LogP contribution >= 0.6 is 0 Å². The summed E-state index contributed by atoms with van der Waals surface area (Å²) in [4.78, 5) is 14.3. The Kier molecular flexibility index (Phi) is 4.30. The summed E-state index contributed by atoms with van der Waals surface area (Å²) in [5.74, 6) is 0. The predicted octanol–water partition coefficient (Wildman–Crippen LogP) is 2.29. The van der Waals surface area contributed by atoms with Gasteiger partial charge in [-0.25, -0.2) is 8.42 Å². The average molecular weight is 331 g/mol. The number of H-pyrrole nitrogens is 1. The first kappa shape index (κ1) is 16.8. The lowest BCUT2D eigenvalue weighted by atomic mass is 9.87. The lowest BCUT2D eigenvalue weighted by Crippen LogP contribution is -2.21. The fourth-order valence-corrected chi connectivity index (χ4v) is 3.03. The molecular formula is C16H17N3O3S. The van der Waals surface area contributed by atoms with E-state index in [2.05, 4.69) is 15.8 Å². The highest BCUT2D eigenvalue weighted by molar-refractivity contribution is 7.92. The second-order valence-electron chi connectivity index (χ2n) is 5.75. The number of anilines is 1. The van der Waals surface area contributed by atoms with Crippen LogP contribution in [0.4, 0.5) is 5.69 Å². The number of benzene rings is 1. The molecule has 0 aliphatic rings. The van der Waals surface area contributed by atoms with E-state index in [4.69, 9.17) is 5.26 Å². The number of aryl methyl sites for hydroxylation is 1. The SMILES string of the molecule is Cc1ccc(NS(=O)(=O)c2ccc(C(C)(C)C#N)cc2)c(=O)[nH]1. The number of nitriles is 1. The van der Waals surface area contributed by atoms with Gasteiger partial charge in [0.2, 0.25) is 0 Å². The molecule has 0 aliphatic heterocycles. The van der Waals surface area contributed by atoms with Crippen molar-refractivity contribution in [2.45, 2.75) is 31.1 Å². The molecule has 0 spiro atoms. The van der Waals surface area contributed by atoms with Crippen molar-refractivity contribution in [3.05, 3.63) is 58.0 Å². The summed E-state index contributed by atoms with van der Waals surface area (Å²) in [6, 6.07) is 11.2. The van der Waals surface area contributed by atoms with Crippen molar-refractivity contribution in [2.75, 3.05) is 4.72 Å². The van der Waals surface area contributed by atoms with Gasteiger partial charge in [-0.05, 0) is 50.6 Å². The summed E-state index contributed by atoms with van der Waals surface area (Å²) < 4.78 is 26.9. The minimum Gasteiger partial charge on any atom is -0.325 e. The summed E-state index contributed by atoms with van der Waals surface area (Å²) in [5, 5.41) is 9.11. The molecule has 7 heteroatoms. The van der Waals surface area contributed by atoms with Gasteiger partial charge in [-0.15, -0.1) is 0 Å². The van der Waals surface area contributed by atoms with E-state index in [-0.39, 0.29) is 10.6 Å². The second-order valence-corrected chi connectivity index (χ2v) is 7.43. The van der Waals surface area contributed by atoms with Crippen LogP contribution < -0.4 is 10.3 Å². The monoisotopic (exact) mass is 331 g/mol. The van der Waals surface area contributed by atoms with Crippen LogP contribution in [-0.2, 0) is 15.4 Å². The van der Waals surface area contributed by atoms with Gasteiger partial charge in [0.15, 0.2) is 0 Å². The van der Waals surface area contributed by atoms with Gasteiger partial charge in [-0.2, -0.15) is 5.26 Å². The molecule has 0 unspecified atom stereocenters. The number of aromatic nitrogens is 1. The quantitative estimate of drug-likeness (QED) is 0.897. The molecule has 120 valence electrons. The third-order valence-electron chi connectivity index (χ3n) is 3.47. The van der Waals surface area contributed by atoms with E-state index in [1.807, 2.05) is 0 Å². The standard InChI is InChI=1S/C16H17N3O3S/c1-11-4-9-14(15(20)18-11)19-23(21,22)13-7-5-12(6-8-13)16(2,3)10-17/h4-9,19H,1-3H3,(H,18,20). The maximum atomic E-state index is 12.3. The van der Waals surface area contributed by atoms with Crippen molar-refractivity contribution >= 4 is 15.7 Å². The van der Waals surface area contributed by atoms with Crippen LogP contribution in [0.1, 0.15) is 25.1 Å². The molecule has 23 heavy (non-hydrogen) atoms. The number of hydrogen-bond acceptors (Lipinski definition) is 4. The van der Waals surface area contributed by atoms with Crippen LogP contribution in [0.5, 0.6) is 0 Å². The molecular weight excluding hydrogens is 314 g/mol. The Bertz CT molecular complexity index is 920. The van der Waals surface area contributed by atoms with Gasteiger partial charge in [-0.1, -0.05) is 12.1 Å². The largest absolute Gasteiger partial charge is 0.325 e. The number of sulfonamides is 1. The Morgan fingerprint density at radius 3 is 2.26 bits per heavy atom. The Hall–Kier alpha value is -2.59. The van der Waals surface area contributed by atoms with Gasteiger partial charge < -0.3 is 4.98 Å². The van der Waals surface area contributed by atoms with E-state index in [0.717, 1.165) is 0 Å². The zero-order valence-electron chi connectivity index (χ0n) is 13.0. The van der Waals surface area contributed by atoms with Gasteiger partial charge in [0, 0.05) is 5.69 Å². The average Bonchev–Trinajstić information content (AvgIpc) is 2.50. The first-order valence-corrected chi connectivity index (χ1v) is 8.38. The predicted molar refractivity (Wildman–Crippen MR) is 87.7 cm³/mol. The Balaban J connectivity index is 2.34. The molecule has 0 aliphatic carbocycles. The lowest BCUT2D eigenvalue weighted by molar-refractivity contribution is 0.600. The van der Waals surface area contributed by atoms with Crippen molar-refractivity contribution in [3.63, 3.8) is 0 Å². The summed E-state index contributed by atoms with van der Waals surface area (Å²) in [5.41, 5.74) is 0.102. The maximum absolute atomic E-state index is 12.3. The molecule has 1 aromatic carbocycles. The molecule has 0 bridgehead atoms.